The van der Waals surface area contributed by atoms with Crippen LogP contribution in [0.2, 0.25) is 0 Å². The van der Waals surface area contributed by atoms with Crippen molar-refractivity contribution in [2.24, 2.45) is 4.99 Å². The van der Waals surface area contributed by atoms with Gasteiger partial charge in [0.2, 0.25) is 0 Å². The minimum Gasteiger partial charge on any atom is -0.242 e. The average molecular weight is 192 g/mol. The van der Waals surface area contributed by atoms with E-state index in [4.69, 9.17) is 0 Å². The summed E-state index contributed by atoms with van der Waals surface area (Å²) in [5, 5.41) is 2.34. The third kappa shape index (κ3) is 1.16. The van der Waals surface area contributed by atoms with E-state index in [0.29, 0.717) is 0 Å². The van der Waals surface area contributed by atoms with Crippen molar-refractivity contribution in [3.8, 4) is 0 Å². The standard InChI is InChI=1S/C8H4N2S2/c11-4-9-6-2-1-3-7-8(6)10-5-12-7/h1-3,5H. The summed E-state index contributed by atoms with van der Waals surface area (Å²) in [5.74, 6) is 0. The lowest BCUT2D eigenvalue weighted by Gasteiger charge is -1.90. The number of fused-ring (bicyclic) bond motifs is 1. The Morgan fingerprint density at radius 2 is 2.42 bits per heavy atom. The molecule has 1 aromatic carbocycles. The van der Waals surface area contributed by atoms with Crippen LogP contribution >= 0.6 is 23.6 Å². The van der Waals surface area contributed by atoms with Gasteiger partial charge >= 0.3 is 0 Å². The molecular formula is C8H4N2S2. The summed E-state index contributed by atoms with van der Waals surface area (Å²) in [5.41, 5.74) is 3.50. The summed E-state index contributed by atoms with van der Waals surface area (Å²) < 4.78 is 1.13. The maximum Gasteiger partial charge on any atom is 0.108 e. The molecule has 4 heteroatoms. The van der Waals surface area contributed by atoms with E-state index in [9.17, 15) is 0 Å². The second-order valence-corrected chi connectivity index (χ2v) is 3.25. The Labute approximate surface area is 78.6 Å². The number of aromatic nitrogens is 1. The molecule has 1 heterocycles. The lowest BCUT2D eigenvalue weighted by molar-refractivity contribution is 1.47. The smallest absolute Gasteiger partial charge is 0.108 e. The van der Waals surface area contributed by atoms with Crippen LogP contribution in [-0.4, -0.2) is 10.1 Å². The molecule has 0 N–H and O–H groups in total. The highest BCUT2D eigenvalue weighted by molar-refractivity contribution is 7.78. The molecule has 0 unspecified atom stereocenters. The Hall–Kier alpha value is -1.09. The number of hydrogen-bond donors (Lipinski definition) is 0. The number of thiocarbonyl (C=S) groups is 1. The molecule has 0 fully saturated rings. The predicted octanol–water partition coefficient (Wildman–Crippen LogP) is 3.03. The number of isothiocyanates is 1. The van der Waals surface area contributed by atoms with Crippen molar-refractivity contribution in [1.29, 1.82) is 0 Å². The first-order valence-electron chi connectivity index (χ1n) is 3.32. The molecule has 2 aromatic rings. The first-order chi connectivity index (χ1) is 5.92. The lowest BCUT2D eigenvalue weighted by Crippen LogP contribution is -1.68. The fourth-order valence-corrected chi connectivity index (χ4v) is 1.81. The Morgan fingerprint density at radius 1 is 1.50 bits per heavy atom. The van der Waals surface area contributed by atoms with Crippen LogP contribution in [0, 0.1) is 0 Å². The van der Waals surface area contributed by atoms with Crippen LogP contribution in [0.4, 0.5) is 5.69 Å². The third-order valence-electron chi connectivity index (χ3n) is 1.51. The van der Waals surface area contributed by atoms with Gasteiger partial charge < -0.3 is 0 Å². The molecule has 0 aliphatic heterocycles. The van der Waals surface area contributed by atoms with Crippen molar-refractivity contribution >= 4 is 44.6 Å². The van der Waals surface area contributed by atoms with Crippen LogP contribution in [0.1, 0.15) is 0 Å². The Kier molecular flexibility index (Phi) is 1.96. The second-order valence-electron chi connectivity index (χ2n) is 2.18. The van der Waals surface area contributed by atoms with Gasteiger partial charge in [-0.3, -0.25) is 0 Å². The highest BCUT2D eigenvalue weighted by Gasteiger charge is 2.00. The van der Waals surface area contributed by atoms with Crippen LogP contribution in [0.15, 0.2) is 28.7 Å². The van der Waals surface area contributed by atoms with Gasteiger partial charge in [-0.25, -0.2) is 4.98 Å². The topological polar surface area (TPSA) is 25.2 Å². The SMILES string of the molecule is S=C=Nc1cccc2scnc12. The van der Waals surface area contributed by atoms with E-state index >= 15 is 0 Å². The third-order valence-corrected chi connectivity index (χ3v) is 2.39. The molecule has 2 nitrogen and oxygen atoms in total. The summed E-state index contributed by atoms with van der Waals surface area (Å²) >= 11 is 6.12. The summed E-state index contributed by atoms with van der Waals surface area (Å²) in [7, 11) is 0. The van der Waals surface area contributed by atoms with E-state index in [2.05, 4.69) is 27.4 Å². The Morgan fingerprint density at radius 3 is 3.25 bits per heavy atom. The molecule has 2 rings (SSSR count). The van der Waals surface area contributed by atoms with Gasteiger partial charge in [0.1, 0.15) is 11.2 Å². The number of para-hydroxylation sites is 1. The normalized spacial score (nSPS) is 9.67. The highest BCUT2D eigenvalue weighted by Crippen LogP contribution is 2.26. The predicted molar refractivity (Wildman–Crippen MR) is 54.3 cm³/mol. The zero-order valence-electron chi connectivity index (χ0n) is 6.02. The van der Waals surface area contributed by atoms with Crippen molar-refractivity contribution in [3.05, 3.63) is 23.7 Å². The van der Waals surface area contributed by atoms with E-state index in [1.807, 2.05) is 18.2 Å². The van der Waals surface area contributed by atoms with E-state index in [-0.39, 0.29) is 0 Å². The maximum absolute atomic E-state index is 4.53. The van der Waals surface area contributed by atoms with E-state index < -0.39 is 0 Å². The number of rotatable bonds is 1. The molecule has 0 aliphatic carbocycles. The van der Waals surface area contributed by atoms with E-state index in [1.165, 1.54) is 0 Å². The molecule has 0 saturated heterocycles. The van der Waals surface area contributed by atoms with Crippen LogP contribution in [0.5, 0.6) is 0 Å². The molecule has 0 spiro atoms. The van der Waals surface area contributed by atoms with Gasteiger partial charge in [-0.15, -0.1) is 11.3 Å². The van der Waals surface area contributed by atoms with Gasteiger partial charge in [-0.1, -0.05) is 6.07 Å². The zero-order valence-corrected chi connectivity index (χ0v) is 7.65. The highest BCUT2D eigenvalue weighted by atomic mass is 32.1. The Balaban J connectivity index is 2.81. The fraction of sp³-hybridized carbons (Fsp3) is 0. The number of benzene rings is 1. The minimum absolute atomic E-state index is 0.795. The van der Waals surface area contributed by atoms with Gasteiger partial charge in [-0.05, 0) is 24.4 Å². The average Bonchev–Trinajstić information content (AvgIpc) is 2.53. The summed E-state index contributed by atoms with van der Waals surface area (Å²) in [6.45, 7) is 0. The van der Waals surface area contributed by atoms with Crippen LogP contribution in [0.25, 0.3) is 10.2 Å². The zero-order chi connectivity index (χ0) is 8.39. The number of hydrogen-bond acceptors (Lipinski definition) is 4. The summed E-state index contributed by atoms with van der Waals surface area (Å²) in [6, 6.07) is 5.82. The van der Waals surface area contributed by atoms with Crippen molar-refractivity contribution in [2.75, 3.05) is 0 Å². The fourth-order valence-electron chi connectivity index (χ4n) is 1.01. The van der Waals surface area contributed by atoms with Gasteiger partial charge in [0.05, 0.1) is 15.4 Å². The molecular weight excluding hydrogens is 188 g/mol. The van der Waals surface area contributed by atoms with Crippen molar-refractivity contribution in [1.82, 2.24) is 4.98 Å². The summed E-state index contributed by atoms with van der Waals surface area (Å²) in [6.07, 6.45) is 0. The van der Waals surface area contributed by atoms with Crippen LogP contribution in [0.3, 0.4) is 0 Å². The molecule has 58 valence electrons. The van der Waals surface area contributed by atoms with Crippen molar-refractivity contribution in [2.45, 2.75) is 0 Å². The number of aliphatic imine (C=N–C) groups is 1. The minimum atomic E-state index is 0.795. The van der Waals surface area contributed by atoms with Gasteiger partial charge in [0.15, 0.2) is 0 Å². The van der Waals surface area contributed by atoms with Crippen LogP contribution in [-0.2, 0) is 0 Å². The molecule has 0 atom stereocenters. The van der Waals surface area contributed by atoms with E-state index in [0.717, 1.165) is 15.9 Å². The van der Waals surface area contributed by atoms with Gasteiger partial charge in [-0.2, -0.15) is 4.99 Å². The maximum atomic E-state index is 4.53. The number of nitrogens with zero attached hydrogens (tertiary/aromatic N) is 2. The largest absolute Gasteiger partial charge is 0.242 e. The summed E-state index contributed by atoms with van der Waals surface area (Å²) in [4.78, 5) is 8.09. The first-order valence-corrected chi connectivity index (χ1v) is 4.60. The molecule has 0 saturated carbocycles. The molecule has 1 aromatic heterocycles. The van der Waals surface area contributed by atoms with Crippen molar-refractivity contribution in [3.63, 3.8) is 0 Å². The lowest BCUT2D eigenvalue weighted by atomic mass is 10.3. The molecule has 0 bridgehead atoms. The van der Waals surface area contributed by atoms with E-state index in [1.54, 1.807) is 16.8 Å². The van der Waals surface area contributed by atoms with Crippen LogP contribution < -0.4 is 0 Å². The Bertz CT molecular complexity index is 455. The first kappa shape index (κ1) is 7.55. The molecule has 12 heavy (non-hydrogen) atoms. The molecule has 0 amide bonds. The molecule has 0 aliphatic rings. The monoisotopic (exact) mass is 192 g/mol. The molecule has 0 radical (unpaired) electrons. The van der Waals surface area contributed by atoms with Gasteiger partial charge in [0, 0.05) is 0 Å². The van der Waals surface area contributed by atoms with Crippen molar-refractivity contribution < 1.29 is 0 Å². The second kappa shape index (κ2) is 3.11. The quantitative estimate of drug-likeness (QED) is 0.512. The van der Waals surface area contributed by atoms with Gasteiger partial charge in [0.25, 0.3) is 0 Å². The number of thiazole rings is 1.